The molecule has 1 heterocycles. The normalized spacial score (nSPS) is 12.0. The predicted octanol–water partition coefficient (Wildman–Crippen LogP) is 6.63. The van der Waals surface area contributed by atoms with Gasteiger partial charge in [0.1, 0.15) is 5.75 Å². The summed E-state index contributed by atoms with van der Waals surface area (Å²) < 4.78 is 7.66. The first-order chi connectivity index (χ1) is 17.2. The van der Waals surface area contributed by atoms with Gasteiger partial charge in [0.2, 0.25) is 5.95 Å². The van der Waals surface area contributed by atoms with Gasteiger partial charge in [-0.2, -0.15) is 0 Å². The minimum absolute atomic E-state index is 0.721. The molecule has 198 valence electrons. The minimum atomic E-state index is 0.721. The quantitative estimate of drug-likeness (QED) is 0.257. The lowest BCUT2D eigenvalue weighted by atomic mass is 10.1. The standard InChI is InChI=1S/C30H47N5O/c1-23(2)15-19-34(20-16-24(3)4)22-25-9-14-28-29(21-25)35(18-8-17-33(5)6)30(32-28)31-26-10-12-27(36-7)13-11-26/h9-14,21,23-24H,8,15-20,22H2,1-7H3,(H,31,32). The third-order valence-electron chi connectivity index (χ3n) is 6.60. The van der Waals surface area contributed by atoms with Crippen LogP contribution in [0.3, 0.4) is 0 Å². The Labute approximate surface area is 218 Å². The molecule has 3 aromatic rings. The van der Waals surface area contributed by atoms with Crippen LogP contribution < -0.4 is 10.1 Å². The molecule has 36 heavy (non-hydrogen) atoms. The number of anilines is 2. The van der Waals surface area contributed by atoms with Crippen molar-refractivity contribution in [3.8, 4) is 5.75 Å². The predicted molar refractivity (Wildman–Crippen MR) is 153 cm³/mol. The fraction of sp³-hybridized carbons (Fsp3) is 0.567. The minimum Gasteiger partial charge on any atom is -0.497 e. The van der Waals surface area contributed by atoms with Crippen LogP contribution in [0.2, 0.25) is 0 Å². The topological polar surface area (TPSA) is 45.6 Å². The fourth-order valence-corrected chi connectivity index (χ4v) is 4.35. The molecule has 3 rings (SSSR count). The van der Waals surface area contributed by atoms with Crippen LogP contribution in [-0.4, -0.2) is 60.2 Å². The maximum atomic E-state index is 5.31. The lowest BCUT2D eigenvalue weighted by molar-refractivity contribution is 0.236. The van der Waals surface area contributed by atoms with Crippen LogP contribution in [0.5, 0.6) is 5.75 Å². The number of aromatic nitrogens is 2. The highest BCUT2D eigenvalue weighted by molar-refractivity contribution is 5.80. The molecule has 0 unspecified atom stereocenters. The van der Waals surface area contributed by atoms with Gasteiger partial charge < -0.3 is 19.5 Å². The van der Waals surface area contributed by atoms with Crippen molar-refractivity contribution >= 4 is 22.7 Å². The summed E-state index contributed by atoms with van der Waals surface area (Å²) >= 11 is 0. The number of nitrogens with zero attached hydrogens (tertiary/aromatic N) is 4. The first-order valence-electron chi connectivity index (χ1n) is 13.5. The third kappa shape index (κ3) is 8.52. The Kier molecular flexibility index (Phi) is 10.6. The van der Waals surface area contributed by atoms with Crippen LogP contribution in [0.1, 0.15) is 52.5 Å². The van der Waals surface area contributed by atoms with Crippen molar-refractivity contribution in [2.75, 3.05) is 46.2 Å². The van der Waals surface area contributed by atoms with Crippen LogP contribution in [0.25, 0.3) is 11.0 Å². The van der Waals surface area contributed by atoms with Gasteiger partial charge in [0.25, 0.3) is 0 Å². The van der Waals surface area contributed by atoms with Crippen molar-refractivity contribution in [1.82, 2.24) is 19.4 Å². The molecule has 2 aromatic carbocycles. The molecule has 0 saturated heterocycles. The van der Waals surface area contributed by atoms with Crippen LogP contribution >= 0.6 is 0 Å². The maximum absolute atomic E-state index is 5.31. The van der Waals surface area contributed by atoms with Crippen molar-refractivity contribution in [2.45, 2.75) is 60.0 Å². The first kappa shape index (κ1) is 28.0. The Morgan fingerprint density at radius 3 is 2.17 bits per heavy atom. The Balaban J connectivity index is 1.87. The molecule has 0 aliphatic heterocycles. The van der Waals surface area contributed by atoms with E-state index in [0.29, 0.717) is 0 Å². The molecule has 6 heteroatoms. The van der Waals surface area contributed by atoms with Crippen molar-refractivity contribution in [1.29, 1.82) is 0 Å². The van der Waals surface area contributed by atoms with Crippen LogP contribution in [0, 0.1) is 11.8 Å². The number of imidazole rings is 1. The number of fused-ring (bicyclic) bond motifs is 1. The second kappa shape index (κ2) is 13.7. The number of hydrogen-bond acceptors (Lipinski definition) is 5. The highest BCUT2D eigenvalue weighted by atomic mass is 16.5. The molecular weight excluding hydrogens is 446 g/mol. The van der Waals surface area contributed by atoms with E-state index in [1.165, 1.54) is 23.9 Å². The fourth-order valence-electron chi connectivity index (χ4n) is 4.35. The lowest BCUT2D eigenvalue weighted by Gasteiger charge is -2.24. The SMILES string of the molecule is COc1ccc(Nc2nc3ccc(CN(CCC(C)C)CCC(C)C)cc3n2CCCN(C)C)cc1. The van der Waals surface area contributed by atoms with Gasteiger partial charge in [0, 0.05) is 18.8 Å². The smallest absolute Gasteiger partial charge is 0.208 e. The van der Waals surface area contributed by atoms with E-state index in [9.17, 15) is 0 Å². The molecule has 1 N–H and O–H groups in total. The second-order valence-electron chi connectivity index (χ2n) is 11.1. The molecule has 0 amide bonds. The Bertz CT molecular complexity index is 1040. The largest absolute Gasteiger partial charge is 0.497 e. The van der Waals surface area contributed by atoms with Crippen molar-refractivity contribution in [3.63, 3.8) is 0 Å². The summed E-state index contributed by atoms with van der Waals surface area (Å²) in [5.74, 6) is 3.18. The van der Waals surface area contributed by atoms with Crippen molar-refractivity contribution in [2.24, 2.45) is 11.8 Å². The highest BCUT2D eigenvalue weighted by Crippen LogP contribution is 2.26. The van der Waals surface area contributed by atoms with E-state index < -0.39 is 0 Å². The summed E-state index contributed by atoms with van der Waals surface area (Å²) in [4.78, 5) is 9.85. The van der Waals surface area contributed by atoms with Gasteiger partial charge in [-0.15, -0.1) is 0 Å². The summed E-state index contributed by atoms with van der Waals surface area (Å²) in [7, 11) is 5.95. The zero-order chi connectivity index (χ0) is 26.1. The van der Waals surface area contributed by atoms with Gasteiger partial charge in [-0.3, -0.25) is 4.90 Å². The van der Waals surface area contributed by atoms with Gasteiger partial charge in [0.05, 0.1) is 18.1 Å². The number of aryl methyl sites for hydroxylation is 1. The molecule has 6 nitrogen and oxygen atoms in total. The van der Waals surface area contributed by atoms with Crippen LogP contribution in [0.15, 0.2) is 42.5 Å². The number of benzene rings is 2. The number of rotatable bonds is 15. The summed E-state index contributed by atoms with van der Waals surface area (Å²) in [6.07, 6.45) is 3.53. The Hall–Kier alpha value is -2.57. The average molecular weight is 494 g/mol. The molecule has 0 spiro atoms. The number of nitrogens with one attached hydrogen (secondary N) is 1. The van der Waals surface area contributed by atoms with Crippen LogP contribution in [-0.2, 0) is 13.1 Å². The van der Waals surface area contributed by atoms with Gasteiger partial charge in [-0.05, 0) is 107 Å². The van der Waals surface area contributed by atoms with Gasteiger partial charge in [0.15, 0.2) is 0 Å². The van der Waals surface area contributed by atoms with E-state index in [1.807, 2.05) is 24.3 Å². The van der Waals surface area contributed by atoms with Gasteiger partial charge >= 0.3 is 0 Å². The second-order valence-corrected chi connectivity index (χ2v) is 11.1. The number of methoxy groups -OCH3 is 1. The molecule has 0 saturated carbocycles. The molecule has 0 radical (unpaired) electrons. The van der Waals surface area contributed by atoms with Crippen molar-refractivity contribution < 1.29 is 4.74 Å². The van der Waals surface area contributed by atoms with E-state index in [4.69, 9.17) is 9.72 Å². The zero-order valence-corrected chi connectivity index (χ0v) is 23.6. The average Bonchev–Trinajstić information content (AvgIpc) is 3.17. The van der Waals surface area contributed by atoms with E-state index in [0.717, 1.165) is 73.9 Å². The molecule has 0 fully saturated rings. The molecule has 0 aliphatic rings. The number of ether oxygens (including phenoxy) is 1. The third-order valence-corrected chi connectivity index (χ3v) is 6.60. The van der Waals surface area contributed by atoms with Crippen molar-refractivity contribution in [3.05, 3.63) is 48.0 Å². The molecule has 0 atom stereocenters. The molecular formula is C30H47N5O. The molecule has 0 aliphatic carbocycles. The van der Waals surface area contributed by atoms with E-state index in [2.05, 4.69) is 79.7 Å². The Morgan fingerprint density at radius 2 is 1.58 bits per heavy atom. The summed E-state index contributed by atoms with van der Waals surface area (Å²) in [5, 5.41) is 3.55. The summed E-state index contributed by atoms with van der Waals surface area (Å²) in [6, 6.07) is 14.8. The summed E-state index contributed by atoms with van der Waals surface area (Å²) in [5.41, 5.74) is 4.61. The lowest BCUT2D eigenvalue weighted by Crippen LogP contribution is -2.27. The van der Waals surface area contributed by atoms with E-state index in [-0.39, 0.29) is 0 Å². The highest BCUT2D eigenvalue weighted by Gasteiger charge is 2.14. The zero-order valence-electron chi connectivity index (χ0n) is 23.6. The van der Waals surface area contributed by atoms with Crippen LogP contribution in [0.4, 0.5) is 11.6 Å². The number of hydrogen-bond donors (Lipinski definition) is 1. The molecule has 0 bridgehead atoms. The van der Waals surface area contributed by atoms with E-state index in [1.54, 1.807) is 7.11 Å². The monoisotopic (exact) mass is 493 g/mol. The maximum Gasteiger partial charge on any atom is 0.208 e. The van der Waals surface area contributed by atoms with E-state index >= 15 is 0 Å². The molecule has 1 aromatic heterocycles. The Morgan fingerprint density at radius 1 is 0.917 bits per heavy atom. The first-order valence-corrected chi connectivity index (χ1v) is 13.5. The van der Waals surface area contributed by atoms with Gasteiger partial charge in [-0.25, -0.2) is 4.98 Å². The van der Waals surface area contributed by atoms with Gasteiger partial charge in [-0.1, -0.05) is 33.8 Å². The summed E-state index contributed by atoms with van der Waals surface area (Å²) in [6.45, 7) is 14.5.